The molecule has 0 saturated carbocycles. The highest BCUT2D eigenvalue weighted by atomic mass is 32.2. The van der Waals surface area contributed by atoms with Crippen molar-refractivity contribution in [3.05, 3.63) is 77.9 Å². The average Bonchev–Trinajstić information content (AvgIpc) is 3.35. The number of benzene rings is 2. The van der Waals surface area contributed by atoms with Crippen molar-refractivity contribution >= 4 is 17.5 Å². The zero-order chi connectivity index (χ0) is 27.4. The fourth-order valence-corrected chi connectivity index (χ4v) is 4.81. The van der Waals surface area contributed by atoms with Crippen molar-refractivity contribution in [1.82, 2.24) is 14.8 Å². The van der Waals surface area contributed by atoms with E-state index in [-0.39, 0.29) is 23.4 Å². The van der Waals surface area contributed by atoms with Crippen molar-refractivity contribution in [2.45, 2.75) is 48.8 Å². The Balaban J connectivity index is 1.74. The molecule has 200 valence electrons. The number of ether oxygens (including phenoxy) is 1. The summed E-state index contributed by atoms with van der Waals surface area (Å²) in [7, 11) is 0. The molecular weight excluding hydrogens is 524 g/mol. The van der Waals surface area contributed by atoms with Gasteiger partial charge in [-0.25, -0.2) is 27.2 Å². The molecule has 0 amide bonds. The minimum atomic E-state index is -4.32. The number of carbonyl (C=O) groups is 1. The first-order chi connectivity index (χ1) is 17.3. The predicted octanol–water partition coefficient (Wildman–Crippen LogP) is 5.12. The van der Waals surface area contributed by atoms with Gasteiger partial charge in [-0.2, -0.15) is 13.9 Å². The SMILES string of the molecule is CC(S[C@H](C)[C@](O)(Cn1cncn1)c1ccc(F)cc1F)C(=O)c1ccc(OCC(F)(F)C(F)F)cc1. The van der Waals surface area contributed by atoms with Crippen LogP contribution in [-0.4, -0.2) is 55.1 Å². The summed E-state index contributed by atoms with van der Waals surface area (Å²) in [5.74, 6) is -6.63. The molecule has 3 rings (SSSR count). The second-order valence-electron chi connectivity index (χ2n) is 8.30. The first-order valence-electron chi connectivity index (χ1n) is 10.9. The molecule has 0 radical (unpaired) electrons. The number of hydrogen-bond donors (Lipinski definition) is 1. The Morgan fingerprint density at radius 2 is 1.81 bits per heavy atom. The molecule has 0 saturated heterocycles. The van der Waals surface area contributed by atoms with Gasteiger partial charge in [0.05, 0.1) is 11.8 Å². The Morgan fingerprint density at radius 1 is 1.14 bits per heavy atom. The minimum absolute atomic E-state index is 0.125. The molecule has 0 aliphatic rings. The molecule has 2 aromatic carbocycles. The van der Waals surface area contributed by atoms with Crippen LogP contribution in [0.1, 0.15) is 29.8 Å². The molecule has 0 bridgehead atoms. The van der Waals surface area contributed by atoms with Gasteiger partial charge in [0, 0.05) is 22.4 Å². The molecule has 6 nitrogen and oxygen atoms in total. The Morgan fingerprint density at radius 3 is 2.38 bits per heavy atom. The van der Waals surface area contributed by atoms with Crippen LogP contribution in [0.3, 0.4) is 0 Å². The fraction of sp³-hybridized carbons (Fsp3) is 0.375. The Bertz CT molecular complexity index is 1200. The molecular formula is C24H23F6N3O3S. The average molecular weight is 548 g/mol. The van der Waals surface area contributed by atoms with E-state index in [4.69, 9.17) is 4.74 Å². The van der Waals surface area contributed by atoms with E-state index in [9.17, 15) is 36.2 Å². The molecule has 0 aliphatic carbocycles. The van der Waals surface area contributed by atoms with Gasteiger partial charge in [-0.05, 0) is 37.3 Å². The highest BCUT2D eigenvalue weighted by Crippen LogP contribution is 2.38. The lowest BCUT2D eigenvalue weighted by Gasteiger charge is -2.35. The van der Waals surface area contributed by atoms with Gasteiger partial charge in [-0.3, -0.25) is 4.79 Å². The maximum absolute atomic E-state index is 14.7. The molecule has 0 fully saturated rings. The van der Waals surface area contributed by atoms with E-state index in [0.717, 1.165) is 23.9 Å². The van der Waals surface area contributed by atoms with E-state index in [1.54, 1.807) is 13.8 Å². The Labute approximate surface area is 212 Å². The van der Waals surface area contributed by atoms with Crippen LogP contribution >= 0.6 is 11.8 Å². The van der Waals surface area contributed by atoms with Crippen molar-refractivity contribution in [3.63, 3.8) is 0 Å². The van der Waals surface area contributed by atoms with Gasteiger partial charge < -0.3 is 9.84 Å². The van der Waals surface area contributed by atoms with Gasteiger partial charge >= 0.3 is 12.3 Å². The Kier molecular flexibility index (Phi) is 8.90. The van der Waals surface area contributed by atoms with Gasteiger partial charge in [0.15, 0.2) is 12.4 Å². The normalized spacial score (nSPS) is 15.3. The lowest BCUT2D eigenvalue weighted by molar-refractivity contribution is -0.148. The first-order valence-corrected chi connectivity index (χ1v) is 11.9. The van der Waals surface area contributed by atoms with E-state index in [1.807, 2.05) is 0 Å². The van der Waals surface area contributed by atoms with Gasteiger partial charge in [0.2, 0.25) is 0 Å². The van der Waals surface area contributed by atoms with Crippen LogP contribution in [0.25, 0.3) is 0 Å². The van der Waals surface area contributed by atoms with Crippen LogP contribution in [0.4, 0.5) is 26.3 Å². The molecule has 13 heteroatoms. The zero-order valence-corrected chi connectivity index (χ0v) is 20.4. The summed E-state index contributed by atoms with van der Waals surface area (Å²) in [4.78, 5) is 16.8. The largest absolute Gasteiger partial charge is 0.487 e. The van der Waals surface area contributed by atoms with Gasteiger partial charge in [-0.15, -0.1) is 11.8 Å². The number of halogens is 6. The van der Waals surface area contributed by atoms with Crippen LogP contribution in [0, 0.1) is 11.6 Å². The smallest absolute Gasteiger partial charge is 0.340 e. The molecule has 1 unspecified atom stereocenters. The highest BCUT2D eigenvalue weighted by molar-refractivity contribution is 8.01. The molecule has 37 heavy (non-hydrogen) atoms. The third-order valence-corrected chi connectivity index (χ3v) is 7.03. The maximum atomic E-state index is 14.7. The number of carbonyl (C=O) groups excluding carboxylic acids is 1. The van der Waals surface area contributed by atoms with Crippen LogP contribution < -0.4 is 4.74 Å². The fourth-order valence-electron chi connectivity index (χ4n) is 3.51. The van der Waals surface area contributed by atoms with Crippen molar-refractivity contribution in [3.8, 4) is 5.75 Å². The van der Waals surface area contributed by atoms with E-state index in [0.29, 0.717) is 6.07 Å². The topological polar surface area (TPSA) is 77.2 Å². The van der Waals surface area contributed by atoms with E-state index in [1.165, 1.54) is 41.6 Å². The lowest BCUT2D eigenvalue weighted by Crippen LogP contribution is -2.42. The molecule has 3 atom stereocenters. The number of Topliss-reactive ketones (excluding diaryl/α,β-unsaturated/α-hetero) is 1. The van der Waals surface area contributed by atoms with Crippen LogP contribution in [0.5, 0.6) is 5.75 Å². The summed E-state index contributed by atoms with van der Waals surface area (Å²) >= 11 is 1.02. The molecule has 1 aromatic heterocycles. The predicted molar refractivity (Wildman–Crippen MR) is 124 cm³/mol. The maximum Gasteiger partial charge on any atom is 0.340 e. The zero-order valence-electron chi connectivity index (χ0n) is 19.6. The van der Waals surface area contributed by atoms with Crippen LogP contribution in [0.15, 0.2) is 55.1 Å². The van der Waals surface area contributed by atoms with Crippen LogP contribution in [0.2, 0.25) is 0 Å². The number of ketones is 1. The second-order valence-corrected chi connectivity index (χ2v) is 9.99. The molecule has 1 heterocycles. The summed E-state index contributed by atoms with van der Waals surface area (Å²) in [6.45, 7) is 1.38. The summed E-state index contributed by atoms with van der Waals surface area (Å²) in [6.07, 6.45) is -1.33. The monoisotopic (exact) mass is 547 g/mol. The molecule has 0 spiro atoms. The number of aliphatic hydroxyl groups is 1. The summed E-state index contributed by atoms with van der Waals surface area (Å²) < 4.78 is 84.8. The van der Waals surface area contributed by atoms with E-state index >= 15 is 0 Å². The van der Waals surface area contributed by atoms with Gasteiger partial charge in [-0.1, -0.05) is 13.0 Å². The number of nitrogens with zero attached hydrogens (tertiary/aromatic N) is 3. The number of hydrogen-bond acceptors (Lipinski definition) is 6. The van der Waals surface area contributed by atoms with Gasteiger partial charge in [0.1, 0.15) is 35.6 Å². The minimum Gasteiger partial charge on any atom is -0.487 e. The third kappa shape index (κ3) is 6.83. The number of thioether (sulfide) groups is 1. The summed E-state index contributed by atoms with van der Waals surface area (Å²) in [6, 6.07) is 7.77. The van der Waals surface area contributed by atoms with Crippen molar-refractivity contribution in [1.29, 1.82) is 0 Å². The number of rotatable bonds is 12. The summed E-state index contributed by atoms with van der Waals surface area (Å²) in [5.41, 5.74) is -1.93. The second kappa shape index (κ2) is 11.5. The van der Waals surface area contributed by atoms with E-state index in [2.05, 4.69) is 10.1 Å². The quantitative estimate of drug-likeness (QED) is 0.251. The van der Waals surface area contributed by atoms with Crippen molar-refractivity contribution in [2.24, 2.45) is 0 Å². The number of aromatic nitrogens is 3. The first kappa shape index (κ1) is 28.5. The van der Waals surface area contributed by atoms with Gasteiger partial charge in [0.25, 0.3) is 0 Å². The third-order valence-electron chi connectivity index (χ3n) is 5.61. The summed E-state index contributed by atoms with van der Waals surface area (Å²) in [5, 5.41) is 13.9. The number of alkyl halides is 4. The molecule has 3 aromatic rings. The van der Waals surface area contributed by atoms with E-state index < -0.39 is 52.5 Å². The van der Waals surface area contributed by atoms with Crippen molar-refractivity contribution in [2.75, 3.05) is 6.61 Å². The lowest BCUT2D eigenvalue weighted by atomic mass is 9.90. The van der Waals surface area contributed by atoms with Crippen LogP contribution in [-0.2, 0) is 12.1 Å². The highest BCUT2D eigenvalue weighted by Gasteiger charge is 2.42. The molecule has 1 N–H and O–H groups in total. The standard InChI is InChI=1S/C24H23F6N3O3S/c1-14(21(34)16-3-6-18(7-4-16)36-11-24(29,30)22(27)28)37-15(2)23(35,10-33-13-31-12-32-33)19-8-5-17(25)9-20(19)26/h3-9,12-15,22,35H,10-11H2,1-2H3/t14?,15-,23-/m1/s1. The van der Waals surface area contributed by atoms with Crippen molar-refractivity contribution < 1.29 is 41.0 Å². The molecule has 0 aliphatic heterocycles. The Hall–Kier alpha value is -3.06.